The Labute approximate surface area is 111 Å². The van der Waals surface area contributed by atoms with Gasteiger partial charge in [-0.15, -0.1) is 0 Å². The van der Waals surface area contributed by atoms with Crippen LogP contribution in [0.25, 0.3) is 0 Å². The van der Waals surface area contributed by atoms with Gasteiger partial charge in [0, 0.05) is 12.3 Å². The lowest BCUT2D eigenvalue weighted by atomic mass is 9.83. The zero-order valence-corrected chi connectivity index (χ0v) is 11.8. The van der Waals surface area contributed by atoms with Gasteiger partial charge in [0.25, 0.3) is 0 Å². The molecule has 0 radical (unpaired) electrons. The molecular weight excluding hydrogens is 317 g/mol. The summed E-state index contributed by atoms with van der Waals surface area (Å²) in [7, 11) is 0. The summed E-state index contributed by atoms with van der Waals surface area (Å²) in [5.41, 5.74) is 0. The molecule has 1 saturated carbocycles. The van der Waals surface area contributed by atoms with Crippen molar-refractivity contribution in [3.63, 3.8) is 0 Å². The predicted octanol–water partition coefficient (Wildman–Crippen LogP) is 1.53. The molecule has 3 aliphatic rings. The third kappa shape index (κ3) is 1.49. The van der Waals surface area contributed by atoms with Crippen molar-refractivity contribution in [3.05, 3.63) is 0 Å². The number of hydrogen-bond donors (Lipinski definition) is 1. The lowest BCUT2D eigenvalue weighted by molar-refractivity contribution is -0.956. The van der Waals surface area contributed by atoms with Gasteiger partial charge < -0.3 is 9.84 Å². The summed E-state index contributed by atoms with van der Waals surface area (Å²) in [6, 6.07) is 1.44. The highest BCUT2D eigenvalue weighted by Crippen LogP contribution is 2.49. The number of quaternary nitrogens is 1. The topological polar surface area (TPSA) is 29.5 Å². The first-order valence-corrected chi connectivity index (χ1v) is 7.99. The molecular formula is C12H21INO2+. The predicted molar refractivity (Wildman–Crippen MR) is 70.4 cm³/mol. The summed E-state index contributed by atoms with van der Waals surface area (Å²) in [4.78, 5) is 0. The summed E-state index contributed by atoms with van der Waals surface area (Å²) >= 11 is 2.52. The van der Waals surface area contributed by atoms with E-state index in [0.717, 1.165) is 29.7 Å². The van der Waals surface area contributed by atoms with E-state index >= 15 is 0 Å². The first kappa shape index (κ1) is 11.7. The van der Waals surface area contributed by atoms with E-state index in [2.05, 4.69) is 22.6 Å². The maximum Gasteiger partial charge on any atom is 0.184 e. The number of alkyl halides is 1. The number of rotatable bonds is 3. The Hall–Kier alpha value is 0.610. The Bertz CT molecular complexity index is 276. The smallest absolute Gasteiger partial charge is 0.184 e. The minimum absolute atomic E-state index is 0.312. The highest BCUT2D eigenvalue weighted by atomic mass is 127. The fraction of sp³-hybridized carbons (Fsp3) is 1.00. The van der Waals surface area contributed by atoms with Crippen LogP contribution in [0.3, 0.4) is 0 Å². The van der Waals surface area contributed by atoms with Gasteiger partial charge in [-0.2, -0.15) is 0 Å². The summed E-state index contributed by atoms with van der Waals surface area (Å²) in [6.07, 6.45) is 5.86. The molecule has 3 rings (SSSR count). The zero-order valence-electron chi connectivity index (χ0n) is 9.65. The molecule has 0 aromatic rings. The van der Waals surface area contributed by atoms with Gasteiger partial charge in [-0.1, -0.05) is 29.0 Å². The average Bonchev–Trinajstić information content (AvgIpc) is 2.82. The average molecular weight is 338 g/mol. The zero-order chi connectivity index (χ0) is 11.2. The van der Waals surface area contributed by atoms with E-state index in [1.54, 1.807) is 0 Å². The summed E-state index contributed by atoms with van der Waals surface area (Å²) < 4.78 is 8.32. The molecule has 2 saturated heterocycles. The van der Waals surface area contributed by atoms with Crippen LogP contribution in [0.5, 0.6) is 0 Å². The number of aliphatic hydroxyl groups is 1. The normalized spacial score (nSPS) is 50.6. The molecule has 3 fully saturated rings. The van der Waals surface area contributed by atoms with Gasteiger partial charge in [-0.05, 0) is 12.8 Å². The van der Waals surface area contributed by atoms with Crippen molar-refractivity contribution >= 4 is 22.6 Å². The molecule has 2 aliphatic heterocycles. The van der Waals surface area contributed by atoms with Gasteiger partial charge >= 0.3 is 0 Å². The highest BCUT2D eigenvalue weighted by molar-refractivity contribution is 14.1. The van der Waals surface area contributed by atoms with Crippen LogP contribution in [0, 0.1) is 5.92 Å². The van der Waals surface area contributed by atoms with E-state index in [1.165, 1.54) is 30.1 Å². The lowest BCUT2D eigenvalue weighted by Gasteiger charge is -2.40. The van der Waals surface area contributed by atoms with E-state index in [9.17, 15) is 5.11 Å². The van der Waals surface area contributed by atoms with Crippen LogP contribution in [-0.2, 0) is 4.74 Å². The summed E-state index contributed by atoms with van der Waals surface area (Å²) in [5, 5.41) is 9.37. The molecule has 0 amide bonds. The molecule has 4 heteroatoms. The van der Waals surface area contributed by atoms with Crippen molar-refractivity contribution in [2.45, 2.75) is 43.9 Å². The standard InChI is InChI=1S/C12H21INO2/c13-7-10-6-9-2-1-3-11-12(9)14(10,4-5-15)8-16-11/h9-12,15H,1-8H2/q+1/t9-,10+,11-,12+,14?/m1/s1. The Kier molecular flexibility index (Phi) is 3.19. The van der Waals surface area contributed by atoms with Crippen LogP contribution in [-0.4, -0.2) is 52.1 Å². The monoisotopic (exact) mass is 338 g/mol. The van der Waals surface area contributed by atoms with Gasteiger partial charge in [-0.25, -0.2) is 0 Å². The molecule has 1 unspecified atom stereocenters. The fourth-order valence-electron chi connectivity index (χ4n) is 4.43. The van der Waals surface area contributed by atoms with Crippen LogP contribution < -0.4 is 0 Å². The molecule has 0 aromatic heterocycles. The van der Waals surface area contributed by atoms with Gasteiger partial charge in [0.2, 0.25) is 0 Å². The molecule has 1 aliphatic carbocycles. The molecule has 0 aromatic carbocycles. The molecule has 2 heterocycles. The summed E-state index contributed by atoms with van der Waals surface area (Å²) in [5.74, 6) is 0.868. The van der Waals surface area contributed by atoms with Crippen LogP contribution in [0.1, 0.15) is 25.7 Å². The van der Waals surface area contributed by atoms with Gasteiger partial charge in [0.15, 0.2) is 6.73 Å². The maximum absolute atomic E-state index is 9.37. The third-order valence-electron chi connectivity index (χ3n) is 5.05. The Balaban J connectivity index is 1.92. The molecule has 3 nitrogen and oxygen atoms in total. The Morgan fingerprint density at radius 2 is 2.25 bits per heavy atom. The van der Waals surface area contributed by atoms with E-state index in [4.69, 9.17) is 4.74 Å². The highest BCUT2D eigenvalue weighted by Gasteiger charge is 2.62. The molecule has 0 bridgehead atoms. The largest absolute Gasteiger partial charge is 0.391 e. The van der Waals surface area contributed by atoms with Crippen molar-refractivity contribution in [2.75, 3.05) is 24.3 Å². The number of halogens is 1. The maximum atomic E-state index is 9.37. The second-order valence-corrected chi connectivity index (χ2v) is 6.49. The number of ether oxygens (including phenoxy) is 1. The van der Waals surface area contributed by atoms with Crippen LogP contribution in [0.4, 0.5) is 0 Å². The van der Waals surface area contributed by atoms with Crippen molar-refractivity contribution in [2.24, 2.45) is 5.92 Å². The van der Waals surface area contributed by atoms with E-state index in [1.807, 2.05) is 0 Å². The first-order chi connectivity index (χ1) is 7.81. The Morgan fingerprint density at radius 1 is 1.38 bits per heavy atom. The van der Waals surface area contributed by atoms with Crippen molar-refractivity contribution in [3.8, 4) is 0 Å². The van der Waals surface area contributed by atoms with Crippen molar-refractivity contribution in [1.82, 2.24) is 0 Å². The minimum atomic E-state index is 0.312. The van der Waals surface area contributed by atoms with Crippen molar-refractivity contribution in [1.29, 1.82) is 0 Å². The van der Waals surface area contributed by atoms with Crippen LogP contribution in [0.15, 0.2) is 0 Å². The molecule has 16 heavy (non-hydrogen) atoms. The second kappa shape index (κ2) is 4.37. The minimum Gasteiger partial charge on any atom is -0.391 e. The molecule has 1 N–H and O–H groups in total. The number of nitrogens with zero attached hydrogens (tertiary/aromatic N) is 1. The van der Waals surface area contributed by atoms with E-state index in [-0.39, 0.29) is 0 Å². The van der Waals surface area contributed by atoms with E-state index in [0.29, 0.717) is 18.8 Å². The van der Waals surface area contributed by atoms with Crippen LogP contribution in [0.2, 0.25) is 0 Å². The van der Waals surface area contributed by atoms with E-state index < -0.39 is 0 Å². The fourth-order valence-corrected chi connectivity index (χ4v) is 5.57. The number of hydrogen-bond acceptors (Lipinski definition) is 2. The third-order valence-corrected chi connectivity index (χ3v) is 6.06. The molecule has 92 valence electrons. The number of aliphatic hydroxyl groups excluding tert-OH is 1. The van der Waals surface area contributed by atoms with Crippen LogP contribution >= 0.6 is 22.6 Å². The molecule has 5 atom stereocenters. The van der Waals surface area contributed by atoms with Crippen molar-refractivity contribution < 1.29 is 14.3 Å². The first-order valence-electron chi connectivity index (χ1n) is 6.46. The van der Waals surface area contributed by atoms with Gasteiger partial charge in [0.1, 0.15) is 24.7 Å². The molecule has 0 spiro atoms. The quantitative estimate of drug-likeness (QED) is 0.480. The lowest BCUT2D eigenvalue weighted by Crippen LogP contribution is -2.58. The van der Waals surface area contributed by atoms with Gasteiger partial charge in [-0.3, -0.25) is 4.48 Å². The second-order valence-electron chi connectivity index (χ2n) is 5.61. The van der Waals surface area contributed by atoms with Gasteiger partial charge in [0.05, 0.1) is 11.0 Å². The Morgan fingerprint density at radius 3 is 3.00 bits per heavy atom. The SMILES string of the molecule is OCC[N+]12CO[C@@H]3CCC[C@H](C[C@H]1CI)[C@@H]32. The summed E-state index contributed by atoms with van der Waals surface area (Å²) in [6.45, 7) is 2.08.